The second-order valence-electron chi connectivity index (χ2n) is 6.39. The number of carbonyl (C=O) groups is 1. The minimum absolute atomic E-state index is 0.0824. The number of aliphatic hydroxyl groups excluding tert-OH is 1. The third-order valence-corrected chi connectivity index (χ3v) is 4.54. The molecule has 1 fully saturated rings. The maximum absolute atomic E-state index is 12.2. The molecular weight excluding hydrogens is 320 g/mol. The van der Waals surface area contributed by atoms with E-state index < -0.39 is 6.10 Å². The van der Waals surface area contributed by atoms with E-state index in [1.807, 2.05) is 19.1 Å². The molecule has 0 unspecified atom stereocenters. The molecule has 2 aromatic heterocycles. The van der Waals surface area contributed by atoms with Gasteiger partial charge in [-0.2, -0.15) is 5.10 Å². The molecule has 2 heterocycles. The van der Waals surface area contributed by atoms with Crippen molar-refractivity contribution < 1.29 is 14.6 Å². The van der Waals surface area contributed by atoms with Crippen LogP contribution in [0, 0.1) is 6.92 Å². The van der Waals surface area contributed by atoms with Crippen LogP contribution in [-0.4, -0.2) is 44.0 Å². The van der Waals surface area contributed by atoms with Crippen molar-refractivity contribution in [1.29, 1.82) is 0 Å². The number of nitrogens with zero attached hydrogens (tertiary/aromatic N) is 3. The second kappa shape index (κ2) is 8.11. The number of carbonyl (C=O) groups excluding carboxylic acids is 1. The van der Waals surface area contributed by atoms with Gasteiger partial charge in [0.1, 0.15) is 18.0 Å². The largest absolute Gasteiger partial charge is 0.486 e. The van der Waals surface area contributed by atoms with Gasteiger partial charge >= 0.3 is 0 Å². The van der Waals surface area contributed by atoms with Crippen LogP contribution in [-0.2, 0) is 11.3 Å². The highest BCUT2D eigenvalue weighted by molar-refractivity contribution is 5.76. The SMILES string of the molecule is Cc1ccnn1CCC(=O)N[C@@H]1CCC[C@@H](Oc2cccnc2)[C@@H]1O. The van der Waals surface area contributed by atoms with E-state index in [0.717, 1.165) is 25.0 Å². The summed E-state index contributed by atoms with van der Waals surface area (Å²) in [5.74, 6) is 0.550. The fraction of sp³-hybridized carbons (Fsp3) is 0.500. The number of hydrogen-bond donors (Lipinski definition) is 2. The minimum atomic E-state index is -0.732. The summed E-state index contributed by atoms with van der Waals surface area (Å²) in [6.07, 6.45) is 6.69. The third-order valence-electron chi connectivity index (χ3n) is 4.54. The zero-order valence-corrected chi connectivity index (χ0v) is 14.3. The zero-order chi connectivity index (χ0) is 17.6. The van der Waals surface area contributed by atoms with Crippen LogP contribution in [0.4, 0.5) is 0 Å². The first kappa shape index (κ1) is 17.4. The summed E-state index contributed by atoms with van der Waals surface area (Å²) in [5.41, 5.74) is 1.02. The number of rotatable bonds is 6. The van der Waals surface area contributed by atoms with Crippen LogP contribution in [0.3, 0.4) is 0 Å². The number of aryl methyl sites for hydroxylation is 2. The van der Waals surface area contributed by atoms with Crippen molar-refractivity contribution in [2.24, 2.45) is 0 Å². The van der Waals surface area contributed by atoms with E-state index >= 15 is 0 Å². The number of pyridine rings is 1. The van der Waals surface area contributed by atoms with E-state index in [1.54, 1.807) is 29.3 Å². The smallest absolute Gasteiger partial charge is 0.222 e. The molecule has 3 rings (SSSR count). The number of hydrogen-bond acceptors (Lipinski definition) is 5. The molecule has 25 heavy (non-hydrogen) atoms. The van der Waals surface area contributed by atoms with Crippen LogP contribution in [0.15, 0.2) is 36.8 Å². The lowest BCUT2D eigenvalue weighted by molar-refractivity contribution is -0.124. The van der Waals surface area contributed by atoms with Crippen LogP contribution in [0.1, 0.15) is 31.4 Å². The normalized spacial score (nSPS) is 23.2. The van der Waals surface area contributed by atoms with Crippen molar-refractivity contribution in [2.75, 3.05) is 0 Å². The summed E-state index contributed by atoms with van der Waals surface area (Å²) >= 11 is 0. The van der Waals surface area contributed by atoms with Crippen molar-refractivity contribution in [2.45, 2.75) is 57.4 Å². The maximum atomic E-state index is 12.2. The van der Waals surface area contributed by atoms with Crippen molar-refractivity contribution in [3.63, 3.8) is 0 Å². The predicted octanol–water partition coefficient (Wildman–Crippen LogP) is 1.45. The first-order valence-electron chi connectivity index (χ1n) is 8.66. The number of aromatic nitrogens is 3. The van der Waals surface area contributed by atoms with E-state index in [4.69, 9.17) is 4.74 Å². The molecule has 3 atom stereocenters. The molecule has 2 aromatic rings. The lowest BCUT2D eigenvalue weighted by Crippen LogP contribution is -2.52. The fourth-order valence-electron chi connectivity index (χ4n) is 3.14. The Balaban J connectivity index is 1.51. The van der Waals surface area contributed by atoms with Gasteiger partial charge in [0.05, 0.1) is 12.2 Å². The van der Waals surface area contributed by atoms with Gasteiger partial charge in [-0.05, 0) is 44.4 Å². The Morgan fingerprint density at radius 3 is 3.00 bits per heavy atom. The fourth-order valence-corrected chi connectivity index (χ4v) is 3.14. The molecule has 1 amide bonds. The Hall–Kier alpha value is -2.41. The quantitative estimate of drug-likeness (QED) is 0.828. The molecule has 1 saturated carbocycles. The average molecular weight is 344 g/mol. The molecule has 1 aliphatic carbocycles. The zero-order valence-electron chi connectivity index (χ0n) is 14.3. The van der Waals surface area contributed by atoms with Gasteiger partial charge in [-0.15, -0.1) is 0 Å². The van der Waals surface area contributed by atoms with Gasteiger partial charge in [0.25, 0.3) is 0 Å². The summed E-state index contributed by atoms with van der Waals surface area (Å²) in [7, 11) is 0. The van der Waals surface area contributed by atoms with Gasteiger partial charge in [-0.1, -0.05) is 0 Å². The maximum Gasteiger partial charge on any atom is 0.222 e. The lowest BCUT2D eigenvalue weighted by atomic mass is 9.89. The summed E-state index contributed by atoms with van der Waals surface area (Å²) in [5, 5.41) is 17.7. The summed E-state index contributed by atoms with van der Waals surface area (Å²) in [6, 6.07) is 5.22. The minimum Gasteiger partial charge on any atom is -0.486 e. The summed E-state index contributed by atoms with van der Waals surface area (Å²) in [4.78, 5) is 16.2. The van der Waals surface area contributed by atoms with Crippen molar-refractivity contribution in [3.8, 4) is 5.75 Å². The van der Waals surface area contributed by atoms with Gasteiger partial charge in [-0.25, -0.2) is 0 Å². The number of ether oxygens (including phenoxy) is 1. The highest BCUT2D eigenvalue weighted by Crippen LogP contribution is 2.24. The molecule has 0 radical (unpaired) electrons. The van der Waals surface area contributed by atoms with E-state index in [9.17, 15) is 9.90 Å². The molecule has 1 aliphatic rings. The predicted molar refractivity (Wildman–Crippen MR) is 92.0 cm³/mol. The van der Waals surface area contributed by atoms with Crippen LogP contribution in [0.5, 0.6) is 5.75 Å². The average Bonchev–Trinajstić information content (AvgIpc) is 3.03. The Kier molecular flexibility index (Phi) is 5.65. The van der Waals surface area contributed by atoms with Gasteiger partial charge in [0, 0.05) is 31.1 Å². The first-order chi connectivity index (χ1) is 12.1. The Labute approximate surface area is 147 Å². The molecule has 0 aromatic carbocycles. The Morgan fingerprint density at radius 1 is 1.40 bits per heavy atom. The molecule has 0 spiro atoms. The molecule has 2 N–H and O–H groups in total. The Morgan fingerprint density at radius 2 is 2.28 bits per heavy atom. The molecule has 0 aliphatic heterocycles. The highest BCUT2D eigenvalue weighted by atomic mass is 16.5. The molecule has 0 bridgehead atoms. The number of amides is 1. The monoisotopic (exact) mass is 344 g/mol. The third kappa shape index (κ3) is 4.57. The van der Waals surface area contributed by atoms with Crippen molar-refractivity contribution >= 4 is 5.91 Å². The molecule has 134 valence electrons. The van der Waals surface area contributed by atoms with Gasteiger partial charge < -0.3 is 15.2 Å². The van der Waals surface area contributed by atoms with E-state index in [0.29, 0.717) is 18.7 Å². The molecular formula is C18H24N4O3. The standard InChI is InChI=1S/C18H24N4O3/c1-13-7-10-20-22(13)11-8-17(23)21-15-5-2-6-16(18(15)24)25-14-4-3-9-19-12-14/h3-4,7,9-10,12,15-16,18,24H,2,5-6,8,11H2,1H3,(H,21,23)/t15-,16-,18-/m1/s1. The topological polar surface area (TPSA) is 89.3 Å². The van der Waals surface area contributed by atoms with Crippen LogP contribution < -0.4 is 10.1 Å². The van der Waals surface area contributed by atoms with Gasteiger partial charge in [0.15, 0.2) is 0 Å². The Bertz CT molecular complexity index is 689. The van der Waals surface area contributed by atoms with Gasteiger partial charge in [-0.3, -0.25) is 14.5 Å². The lowest BCUT2D eigenvalue weighted by Gasteiger charge is -2.35. The highest BCUT2D eigenvalue weighted by Gasteiger charge is 2.34. The van der Waals surface area contributed by atoms with E-state index in [1.165, 1.54) is 0 Å². The van der Waals surface area contributed by atoms with Crippen molar-refractivity contribution in [1.82, 2.24) is 20.1 Å². The van der Waals surface area contributed by atoms with Crippen molar-refractivity contribution in [3.05, 3.63) is 42.5 Å². The molecule has 0 saturated heterocycles. The summed E-state index contributed by atoms with van der Waals surface area (Å²) < 4.78 is 7.63. The summed E-state index contributed by atoms with van der Waals surface area (Å²) in [6.45, 7) is 2.49. The first-order valence-corrected chi connectivity index (χ1v) is 8.66. The second-order valence-corrected chi connectivity index (χ2v) is 6.39. The van der Waals surface area contributed by atoms with E-state index in [-0.39, 0.29) is 18.1 Å². The van der Waals surface area contributed by atoms with Crippen LogP contribution >= 0.6 is 0 Å². The molecule has 7 nitrogen and oxygen atoms in total. The number of nitrogens with one attached hydrogen (secondary N) is 1. The van der Waals surface area contributed by atoms with Gasteiger partial charge in [0.2, 0.25) is 5.91 Å². The van der Waals surface area contributed by atoms with Crippen LogP contribution in [0.25, 0.3) is 0 Å². The van der Waals surface area contributed by atoms with E-state index in [2.05, 4.69) is 15.4 Å². The number of aliphatic hydroxyl groups is 1. The van der Waals surface area contributed by atoms with Crippen LogP contribution in [0.2, 0.25) is 0 Å². The molecule has 7 heteroatoms.